The molecule has 98 valence electrons. The lowest BCUT2D eigenvalue weighted by Crippen LogP contribution is -2.13. The summed E-state index contributed by atoms with van der Waals surface area (Å²) in [6.45, 7) is 13.2. The molecule has 2 nitrogen and oxygen atoms in total. The standard InChI is InChI=1S/C16H24N2/c1-11-8-13(16(3,4)5)9-12(2)14(11)10-15-17-6-7-18-15/h8-10,17-18H,6-7H2,1-5H3. The highest BCUT2D eigenvalue weighted by molar-refractivity contribution is 5.61. The summed E-state index contributed by atoms with van der Waals surface area (Å²) in [7, 11) is 0. The fourth-order valence-electron chi connectivity index (χ4n) is 2.34. The van der Waals surface area contributed by atoms with E-state index < -0.39 is 0 Å². The van der Waals surface area contributed by atoms with Crippen molar-refractivity contribution >= 4 is 6.08 Å². The van der Waals surface area contributed by atoms with E-state index in [-0.39, 0.29) is 5.41 Å². The van der Waals surface area contributed by atoms with E-state index in [1.165, 1.54) is 22.3 Å². The van der Waals surface area contributed by atoms with E-state index in [4.69, 9.17) is 0 Å². The Balaban J connectivity index is 2.41. The van der Waals surface area contributed by atoms with Crippen LogP contribution in [-0.4, -0.2) is 13.1 Å². The fraction of sp³-hybridized carbons (Fsp3) is 0.500. The van der Waals surface area contributed by atoms with Gasteiger partial charge in [-0.3, -0.25) is 0 Å². The Labute approximate surface area is 110 Å². The van der Waals surface area contributed by atoms with Crippen molar-refractivity contribution in [1.29, 1.82) is 0 Å². The van der Waals surface area contributed by atoms with Crippen LogP contribution < -0.4 is 10.6 Å². The van der Waals surface area contributed by atoms with Crippen LogP contribution in [0.25, 0.3) is 6.08 Å². The maximum absolute atomic E-state index is 3.35. The third kappa shape index (κ3) is 2.69. The van der Waals surface area contributed by atoms with E-state index in [0.29, 0.717) is 0 Å². The highest BCUT2D eigenvalue weighted by Gasteiger charge is 2.16. The Morgan fingerprint density at radius 3 is 1.94 bits per heavy atom. The molecule has 1 aliphatic heterocycles. The molecule has 1 fully saturated rings. The Morgan fingerprint density at radius 2 is 1.50 bits per heavy atom. The zero-order chi connectivity index (χ0) is 13.3. The maximum Gasteiger partial charge on any atom is 0.0993 e. The number of rotatable bonds is 1. The van der Waals surface area contributed by atoms with Crippen LogP contribution in [-0.2, 0) is 5.41 Å². The number of hydrogen-bond acceptors (Lipinski definition) is 2. The van der Waals surface area contributed by atoms with Gasteiger partial charge >= 0.3 is 0 Å². The Bertz CT molecular complexity index is 447. The van der Waals surface area contributed by atoms with Crippen LogP contribution >= 0.6 is 0 Å². The summed E-state index contributed by atoms with van der Waals surface area (Å²) in [5, 5.41) is 6.71. The first-order valence-electron chi connectivity index (χ1n) is 6.69. The normalized spacial score (nSPS) is 15.3. The predicted molar refractivity (Wildman–Crippen MR) is 78.6 cm³/mol. The summed E-state index contributed by atoms with van der Waals surface area (Å²) >= 11 is 0. The van der Waals surface area contributed by atoms with E-state index in [9.17, 15) is 0 Å². The molecule has 0 atom stereocenters. The van der Waals surface area contributed by atoms with Crippen molar-refractivity contribution in [1.82, 2.24) is 10.6 Å². The monoisotopic (exact) mass is 244 g/mol. The SMILES string of the molecule is Cc1cc(C(C)(C)C)cc(C)c1C=C1NCCN1. The van der Waals surface area contributed by atoms with Crippen LogP contribution in [0, 0.1) is 13.8 Å². The minimum atomic E-state index is 0.213. The van der Waals surface area contributed by atoms with Crippen molar-refractivity contribution in [2.75, 3.05) is 13.1 Å². The first kappa shape index (κ1) is 13.0. The molecule has 1 aromatic carbocycles. The zero-order valence-electron chi connectivity index (χ0n) is 12.1. The molecule has 0 saturated carbocycles. The van der Waals surface area contributed by atoms with Crippen LogP contribution in [0.1, 0.15) is 43.0 Å². The van der Waals surface area contributed by atoms with Gasteiger partial charge in [-0.2, -0.15) is 0 Å². The number of hydrogen-bond donors (Lipinski definition) is 2. The molecule has 1 heterocycles. The summed E-state index contributed by atoms with van der Waals surface area (Å²) in [5.41, 5.74) is 5.66. The van der Waals surface area contributed by atoms with Crippen molar-refractivity contribution in [2.45, 2.75) is 40.0 Å². The predicted octanol–water partition coefficient (Wildman–Crippen LogP) is 3.09. The summed E-state index contributed by atoms with van der Waals surface area (Å²) in [5.74, 6) is 1.14. The van der Waals surface area contributed by atoms with Gasteiger partial charge in [0.2, 0.25) is 0 Å². The average molecular weight is 244 g/mol. The summed E-state index contributed by atoms with van der Waals surface area (Å²) in [4.78, 5) is 0. The molecule has 0 aromatic heterocycles. The molecular formula is C16H24N2. The lowest BCUT2D eigenvalue weighted by Gasteiger charge is -2.21. The first-order valence-corrected chi connectivity index (χ1v) is 6.69. The van der Waals surface area contributed by atoms with Gasteiger partial charge in [-0.05, 0) is 47.6 Å². The molecule has 1 aliphatic rings. The topological polar surface area (TPSA) is 24.1 Å². The van der Waals surface area contributed by atoms with Gasteiger partial charge in [0.15, 0.2) is 0 Å². The highest BCUT2D eigenvalue weighted by atomic mass is 15.2. The molecule has 0 aliphatic carbocycles. The molecule has 0 radical (unpaired) electrons. The second kappa shape index (κ2) is 4.68. The van der Waals surface area contributed by atoms with Crippen LogP contribution in [0.4, 0.5) is 0 Å². The number of nitrogens with one attached hydrogen (secondary N) is 2. The summed E-state index contributed by atoms with van der Waals surface area (Å²) in [6.07, 6.45) is 2.23. The van der Waals surface area contributed by atoms with Gasteiger partial charge in [0, 0.05) is 13.1 Å². The minimum Gasteiger partial charge on any atom is -0.370 e. The maximum atomic E-state index is 3.35. The molecule has 1 aromatic rings. The second-order valence-corrected chi connectivity index (χ2v) is 6.19. The molecule has 0 bridgehead atoms. The van der Waals surface area contributed by atoms with Crippen molar-refractivity contribution < 1.29 is 0 Å². The highest BCUT2D eigenvalue weighted by Crippen LogP contribution is 2.27. The molecule has 2 N–H and O–H groups in total. The van der Waals surface area contributed by atoms with Gasteiger partial charge in [-0.25, -0.2) is 0 Å². The second-order valence-electron chi connectivity index (χ2n) is 6.19. The molecule has 0 spiro atoms. The summed E-state index contributed by atoms with van der Waals surface area (Å²) < 4.78 is 0. The lowest BCUT2D eigenvalue weighted by atomic mass is 9.84. The molecule has 0 unspecified atom stereocenters. The Morgan fingerprint density at radius 1 is 1.00 bits per heavy atom. The van der Waals surface area contributed by atoms with Gasteiger partial charge in [0.25, 0.3) is 0 Å². The fourth-order valence-corrected chi connectivity index (χ4v) is 2.34. The third-order valence-electron chi connectivity index (χ3n) is 3.50. The first-order chi connectivity index (χ1) is 8.38. The van der Waals surface area contributed by atoms with Crippen molar-refractivity contribution in [3.63, 3.8) is 0 Å². The van der Waals surface area contributed by atoms with E-state index in [0.717, 1.165) is 18.9 Å². The van der Waals surface area contributed by atoms with Crippen molar-refractivity contribution in [3.05, 3.63) is 40.2 Å². The van der Waals surface area contributed by atoms with Gasteiger partial charge in [-0.15, -0.1) is 0 Å². The molecule has 1 saturated heterocycles. The van der Waals surface area contributed by atoms with Gasteiger partial charge in [-0.1, -0.05) is 32.9 Å². The largest absolute Gasteiger partial charge is 0.370 e. The zero-order valence-corrected chi connectivity index (χ0v) is 12.1. The summed E-state index contributed by atoms with van der Waals surface area (Å²) in [6, 6.07) is 4.63. The Hall–Kier alpha value is -1.44. The number of benzene rings is 1. The Kier molecular flexibility index (Phi) is 3.38. The van der Waals surface area contributed by atoms with Gasteiger partial charge < -0.3 is 10.6 Å². The van der Waals surface area contributed by atoms with E-state index in [2.05, 4.69) is 63.5 Å². The van der Waals surface area contributed by atoms with Crippen LogP contribution in [0.5, 0.6) is 0 Å². The van der Waals surface area contributed by atoms with Crippen LogP contribution in [0.3, 0.4) is 0 Å². The lowest BCUT2D eigenvalue weighted by molar-refractivity contribution is 0.589. The van der Waals surface area contributed by atoms with Crippen LogP contribution in [0.2, 0.25) is 0 Å². The quantitative estimate of drug-likeness (QED) is 0.793. The molecular weight excluding hydrogens is 220 g/mol. The third-order valence-corrected chi connectivity index (χ3v) is 3.50. The minimum absolute atomic E-state index is 0.213. The molecule has 0 amide bonds. The number of aryl methyl sites for hydroxylation is 2. The van der Waals surface area contributed by atoms with Crippen molar-refractivity contribution in [2.24, 2.45) is 0 Å². The van der Waals surface area contributed by atoms with E-state index >= 15 is 0 Å². The molecule has 2 rings (SSSR count). The van der Waals surface area contributed by atoms with Crippen LogP contribution in [0.15, 0.2) is 18.0 Å². The van der Waals surface area contributed by atoms with Crippen molar-refractivity contribution in [3.8, 4) is 0 Å². The van der Waals surface area contributed by atoms with E-state index in [1.54, 1.807) is 0 Å². The van der Waals surface area contributed by atoms with Gasteiger partial charge in [0.1, 0.15) is 0 Å². The smallest absolute Gasteiger partial charge is 0.0993 e. The van der Waals surface area contributed by atoms with E-state index in [1.807, 2.05) is 0 Å². The average Bonchev–Trinajstić information content (AvgIpc) is 2.74. The molecule has 18 heavy (non-hydrogen) atoms. The van der Waals surface area contributed by atoms with Gasteiger partial charge in [0.05, 0.1) is 5.82 Å². The molecule has 2 heteroatoms.